The lowest BCUT2D eigenvalue weighted by Crippen LogP contribution is -2.42. The normalized spacial score (nSPS) is 15.0. The Morgan fingerprint density at radius 3 is 2.57 bits per heavy atom. The number of carboxylic acids is 1. The van der Waals surface area contributed by atoms with Gasteiger partial charge in [0, 0.05) is 30.6 Å². The summed E-state index contributed by atoms with van der Waals surface area (Å²) in [5.41, 5.74) is 2.60. The first-order valence-corrected chi connectivity index (χ1v) is 9.78. The second-order valence-electron chi connectivity index (χ2n) is 7.13. The van der Waals surface area contributed by atoms with Crippen LogP contribution in [-0.4, -0.2) is 59.5 Å². The van der Waals surface area contributed by atoms with Crippen LogP contribution in [0, 0.1) is 0 Å². The number of nitrogens with zero attached hydrogens (tertiary/aromatic N) is 3. The van der Waals surface area contributed by atoms with E-state index in [9.17, 15) is 14.7 Å². The molecule has 1 aromatic heterocycles. The molecule has 0 spiro atoms. The molecular weight excluding hydrogens is 384 g/mol. The zero-order valence-electron chi connectivity index (χ0n) is 16.3. The number of amides is 1. The van der Waals surface area contributed by atoms with Crippen LogP contribution in [0.5, 0.6) is 0 Å². The maximum absolute atomic E-state index is 12.7. The fourth-order valence-electron chi connectivity index (χ4n) is 3.44. The molecule has 0 bridgehead atoms. The maximum Gasteiger partial charge on any atom is 0.326 e. The number of ether oxygens (including phenoxy) is 1. The SMILES string of the molecule is O=C(NC(Cc1ccccc1)C(=O)O)c1cc2cc(N3CCOCC3)ccc2nn1. The van der Waals surface area contributed by atoms with Crippen molar-refractivity contribution in [2.75, 3.05) is 31.2 Å². The van der Waals surface area contributed by atoms with Crippen LogP contribution >= 0.6 is 0 Å². The third-order valence-corrected chi connectivity index (χ3v) is 5.06. The average molecular weight is 406 g/mol. The molecule has 1 saturated heterocycles. The highest BCUT2D eigenvalue weighted by Crippen LogP contribution is 2.22. The second-order valence-corrected chi connectivity index (χ2v) is 7.13. The van der Waals surface area contributed by atoms with E-state index in [2.05, 4.69) is 20.4 Å². The Kier molecular flexibility index (Phi) is 5.85. The standard InChI is InChI=1S/C22H22N4O4/c27-21(23-20(22(28)29)12-15-4-2-1-3-5-15)19-14-16-13-17(6-7-18(16)24-25-19)26-8-10-30-11-9-26/h1-7,13-14,20H,8-12H2,(H,23,27)(H,28,29). The molecule has 1 aliphatic rings. The highest BCUT2D eigenvalue weighted by Gasteiger charge is 2.22. The Morgan fingerprint density at radius 1 is 1.07 bits per heavy atom. The molecule has 8 heteroatoms. The molecule has 154 valence electrons. The number of nitrogens with one attached hydrogen (secondary N) is 1. The first-order chi connectivity index (χ1) is 14.6. The van der Waals surface area contributed by atoms with Gasteiger partial charge in [0.2, 0.25) is 0 Å². The van der Waals surface area contributed by atoms with Gasteiger partial charge in [-0.1, -0.05) is 30.3 Å². The lowest BCUT2D eigenvalue weighted by Gasteiger charge is -2.29. The number of carbonyl (C=O) groups is 2. The van der Waals surface area contributed by atoms with Crippen molar-refractivity contribution in [2.24, 2.45) is 0 Å². The molecule has 2 heterocycles. The lowest BCUT2D eigenvalue weighted by atomic mass is 10.1. The number of carboxylic acid groups (broad SMARTS) is 1. The van der Waals surface area contributed by atoms with Crippen LogP contribution in [0.2, 0.25) is 0 Å². The van der Waals surface area contributed by atoms with Crippen LogP contribution in [0.25, 0.3) is 10.9 Å². The number of anilines is 1. The quantitative estimate of drug-likeness (QED) is 0.644. The fraction of sp³-hybridized carbons (Fsp3) is 0.273. The van der Waals surface area contributed by atoms with Crippen molar-refractivity contribution >= 4 is 28.5 Å². The molecule has 1 amide bonds. The first-order valence-electron chi connectivity index (χ1n) is 9.78. The molecule has 1 unspecified atom stereocenters. The van der Waals surface area contributed by atoms with Crippen molar-refractivity contribution in [3.8, 4) is 0 Å². The van der Waals surface area contributed by atoms with Gasteiger partial charge < -0.3 is 20.1 Å². The summed E-state index contributed by atoms with van der Waals surface area (Å²) < 4.78 is 5.39. The van der Waals surface area contributed by atoms with E-state index >= 15 is 0 Å². The van der Waals surface area contributed by atoms with Gasteiger partial charge in [-0.2, -0.15) is 0 Å². The Bertz CT molecular complexity index is 1050. The van der Waals surface area contributed by atoms with Gasteiger partial charge in [-0.3, -0.25) is 4.79 Å². The molecule has 0 aliphatic carbocycles. The van der Waals surface area contributed by atoms with Gasteiger partial charge in [0.05, 0.1) is 18.7 Å². The highest BCUT2D eigenvalue weighted by molar-refractivity contribution is 5.97. The van der Waals surface area contributed by atoms with Crippen LogP contribution < -0.4 is 10.2 Å². The molecular formula is C22H22N4O4. The van der Waals surface area contributed by atoms with Crippen molar-refractivity contribution in [1.29, 1.82) is 0 Å². The number of rotatable bonds is 6. The van der Waals surface area contributed by atoms with E-state index in [1.165, 1.54) is 0 Å². The van der Waals surface area contributed by atoms with E-state index < -0.39 is 17.9 Å². The Balaban J connectivity index is 1.53. The maximum atomic E-state index is 12.7. The molecule has 2 N–H and O–H groups in total. The Hall–Kier alpha value is -3.52. The third kappa shape index (κ3) is 4.55. The summed E-state index contributed by atoms with van der Waals surface area (Å²) in [5, 5.41) is 20.9. The number of morpholine rings is 1. The van der Waals surface area contributed by atoms with Gasteiger partial charge in [0.1, 0.15) is 6.04 Å². The lowest BCUT2D eigenvalue weighted by molar-refractivity contribution is -0.139. The molecule has 0 saturated carbocycles. The van der Waals surface area contributed by atoms with Crippen molar-refractivity contribution in [3.63, 3.8) is 0 Å². The van der Waals surface area contributed by atoms with Crippen molar-refractivity contribution in [1.82, 2.24) is 15.5 Å². The van der Waals surface area contributed by atoms with Crippen molar-refractivity contribution in [3.05, 3.63) is 65.9 Å². The number of aromatic nitrogens is 2. The van der Waals surface area contributed by atoms with E-state index in [1.807, 2.05) is 48.5 Å². The van der Waals surface area contributed by atoms with Crippen LogP contribution in [0.3, 0.4) is 0 Å². The Morgan fingerprint density at radius 2 is 1.83 bits per heavy atom. The van der Waals surface area contributed by atoms with Gasteiger partial charge in [-0.05, 0) is 29.8 Å². The first kappa shape index (κ1) is 19.8. The zero-order chi connectivity index (χ0) is 20.9. The van der Waals surface area contributed by atoms with Crippen LogP contribution in [0.4, 0.5) is 5.69 Å². The van der Waals surface area contributed by atoms with E-state index in [4.69, 9.17) is 4.74 Å². The summed E-state index contributed by atoms with van der Waals surface area (Å²) in [6.45, 7) is 2.96. The minimum absolute atomic E-state index is 0.0842. The Labute approximate surface area is 173 Å². The largest absolute Gasteiger partial charge is 0.480 e. The van der Waals surface area contributed by atoms with Gasteiger partial charge in [0.25, 0.3) is 5.91 Å². The summed E-state index contributed by atoms with van der Waals surface area (Å²) in [6, 6.07) is 15.6. The van der Waals surface area contributed by atoms with E-state index in [0.717, 1.165) is 29.7 Å². The number of aliphatic carboxylic acids is 1. The molecule has 8 nitrogen and oxygen atoms in total. The van der Waals surface area contributed by atoms with E-state index in [1.54, 1.807) is 6.07 Å². The molecule has 0 radical (unpaired) electrons. The minimum atomic E-state index is -1.10. The monoisotopic (exact) mass is 406 g/mol. The van der Waals surface area contributed by atoms with Gasteiger partial charge in [-0.15, -0.1) is 10.2 Å². The van der Waals surface area contributed by atoms with Crippen LogP contribution in [0.15, 0.2) is 54.6 Å². The third-order valence-electron chi connectivity index (χ3n) is 5.06. The number of hydrogen-bond acceptors (Lipinski definition) is 6. The molecule has 4 rings (SSSR count). The predicted octanol–water partition coefficient (Wildman–Crippen LogP) is 1.89. The fourth-order valence-corrected chi connectivity index (χ4v) is 3.44. The summed E-state index contributed by atoms with van der Waals surface area (Å²) >= 11 is 0. The molecule has 2 aromatic carbocycles. The molecule has 1 fully saturated rings. The van der Waals surface area contributed by atoms with Crippen LogP contribution in [0.1, 0.15) is 16.1 Å². The van der Waals surface area contributed by atoms with Gasteiger partial charge in [-0.25, -0.2) is 4.79 Å². The van der Waals surface area contributed by atoms with Crippen molar-refractivity contribution in [2.45, 2.75) is 12.5 Å². The molecule has 30 heavy (non-hydrogen) atoms. The number of carbonyl (C=O) groups excluding carboxylic acids is 1. The molecule has 3 aromatic rings. The number of benzene rings is 2. The summed E-state index contributed by atoms with van der Waals surface area (Å²) in [6.07, 6.45) is 0.185. The number of hydrogen-bond donors (Lipinski definition) is 2. The van der Waals surface area contributed by atoms with E-state index in [-0.39, 0.29) is 12.1 Å². The van der Waals surface area contributed by atoms with E-state index in [0.29, 0.717) is 18.7 Å². The van der Waals surface area contributed by atoms with Crippen LogP contribution in [-0.2, 0) is 16.0 Å². The molecule has 1 aliphatic heterocycles. The summed E-state index contributed by atoms with van der Waals surface area (Å²) in [5.74, 6) is -1.67. The zero-order valence-corrected chi connectivity index (χ0v) is 16.3. The minimum Gasteiger partial charge on any atom is -0.480 e. The molecule has 1 atom stereocenters. The number of fused-ring (bicyclic) bond motifs is 1. The van der Waals surface area contributed by atoms with Gasteiger partial charge >= 0.3 is 5.97 Å². The second kappa shape index (κ2) is 8.87. The summed E-state index contributed by atoms with van der Waals surface area (Å²) in [7, 11) is 0. The van der Waals surface area contributed by atoms with Gasteiger partial charge in [0.15, 0.2) is 5.69 Å². The smallest absolute Gasteiger partial charge is 0.326 e. The topological polar surface area (TPSA) is 105 Å². The average Bonchev–Trinajstić information content (AvgIpc) is 2.79. The highest BCUT2D eigenvalue weighted by atomic mass is 16.5. The summed E-state index contributed by atoms with van der Waals surface area (Å²) in [4.78, 5) is 26.5. The van der Waals surface area contributed by atoms with Crippen molar-refractivity contribution < 1.29 is 19.4 Å². The predicted molar refractivity (Wildman–Crippen MR) is 112 cm³/mol.